The number of rotatable bonds is 3. The first-order valence-corrected chi connectivity index (χ1v) is 7.16. The molecule has 1 fully saturated rings. The van der Waals surface area contributed by atoms with Gasteiger partial charge >= 0.3 is 0 Å². The van der Waals surface area contributed by atoms with Gasteiger partial charge in [-0.25, -0.2) is 0 Å². The predicted octanol–water partition coefficient (Wildman–Crippen LogP) is 5.37. The van der Waals surface area contributed by atoms with Gasteiger partial charge < -0.3 is 5.32 Å². The summed E-state index contributed by atoms with van der Waals surface area (Å²) < 4.78 is 0. The van der Waals surface area contributed by atoms with Crippen LogP contribution in [0.4, 0.5) is 5.69 Å². The van der Waals surface area contributed by atoms with Gasteiger partial charge in [-0.1, -0.05) is 49.4 Å². The van der Waals surface area contributed by atoms with E-state index >= 15 is 0 Å². The van der Waals surface area contributed by atoms with E-state index in [1.807, 2.05) is 18.2 Å². The minimum atomic E-state index is 0.546. The van der Waals surface area contributed by atoms with Crippen LogP contribution in [-0.2, 0) is 0 Å². The lowest BCUT2D eigenvalue weighted by atomic mass is 9.84. The summed E-state index contributed by atoms with van der Waals surface area (Å²) in [5, 5.41) is 5.03. The highest BCUT2D eigenvalue weighted by Crippen LogP contribution is 2.31. The second-order valence-electron chi connectivity index (χ2n) is 4.91. The van der Waals surface area contributed by atoms with Crippen molar-refractivity contribution in [3.05, 3.63) is 28.2 Å². The van der Waals surface area contributed by atoms with Crippen molar-refractivity contribution >= 4 is 28.9 Å². The van der Waals surface area contributed by atoms with Crippen molar-refractivity contribution in [1.82, 2.24) is 0 Å². The van der Waals surface area contributed by atoms with Gasteiger partial charge in [0.05, 0.1) is 10.7 Å². The second kappa shape index (κ2) is 5.97. The highest BCUT2D eigenvalue weighted by Gasteiger charge is 2.21. The Kier molecular flexibility index (Phi) is 4.58. The molecule has 0 amide bonds. The molecule has 0 heterocycles. The fourth-order valence-corrected chi connectivity index (χ4v) is 2.97. The molecule has 2 unspecified atom stereocenters. The van der Waals surface area contributed by atoms with Crippen molar-refractivity contribution < 1.29 is 0 Å². The average molecular weight is 272 g/mol. The Hall–Kier alpha value is -0.400. The van der Waals surface area contributed by atoms with Crippen LogP contribution in [0.15, 0.2) is 18.2 Å². The summed E-state index contributed by atoms with van der Waals surface area (Å²) in [5.41, 5.74) is 0.973. The molecule has 0 saturated heterocycles. The van der Waals surface area contributed by atoms with Gasteiger partial charge in [0.2, 0.25) is 0 Å². The minimum Gasteiger partial charge on any atom is -0.381 e. The van der Waals surface area contributed by atoms with Crippen molar-refractivity contribution in [3.63, 3.8) is 0 Å². The molecule has 1 aromatic rings. The third-order valence-electron chi connectivity index (χ3n) is 3.65. The van der Waals surface area contributed by atoms with Gasteiger partial charge in [-0.15, -0.1) is 0 Å². The second-order valence-corrected chi connectivity index (χ2v) is 5.75. The van der Waals surface area contributed by atoms with Crippen LogP contribution in [-0.4, -0.2) is 6.04 Å². The molecule has 94 valence electrons. The van der Waals surface area contributed by atoms with E-state index in [4.69, 9.17) is 23.2 Å². The fraction of sp³-hybridized carbons (Fsp3) is 0.571. The van der Waals surface area contributed by atoms with Crippen LogP contribution in [0.25, 0.3) is 0 Å². The highest BCUT2D eigenvalue weighted by atomic mass is 35.5. The van der Waals surface area contributed by atoms with E-state index in [0.29, 0.717) is 6.04 Å². The molecule has 0 spiro atoms. The molecule has 1 aliphatic rings. The highest BCUT2D eigenvalue weighted by molar-refractivity contribution is 6.35. The van der Waals surface area contributed by atoms with E-state index in [1.165, 1.54) is 32.1 Å². The summed E-state index contributed by atoms with van der Waals surface area (Å²) >= 11 is 12.2. The third-order valence-corrected chi connectivity index (χ3v) is 4.21. The lowest BCUT2D eigenvalue weighted by molar-refractivity contribution is 0.327. The van der Waals surface area contributed by atoms with Crippen LogP contribution in [0.3, 0.4) is 0 Å². The summed E-state index contributed by atoms with van der Waals surface area (Å²) in [6, 6.07) is 6.14. The van der Waals surface area contributed by atoms with E-state index in [1.54, 1.807) is 0 Å². The molecule has 17 heavy (non-hydrogen) atoms. The number of hydrogen-bond acceptors (Lipinski definition) is 1. The Bertz CT molecular complexity index is 378. The Morgan fingerprint density at radius 1 is 1.29 bits per heavy atom. The standard InChI is InChI=1S/C14H19Cl2N/c1-2-10-4-3-5-12(8-10)17-14-9-11(15)6-7-13(14)16/h6-7,9-10,12,17H,2-5,8H2,1H3. The molecule has 1 aromatic carbocycles. The summed E-state index contributed by atoms with van der Waals surface area (Å²) in [7, 11) is 0. The summed E-state index contributed by atoms with van der Waals surface area (Å²) in [4.78, 5) is 0. The van der Waals surface area contributed by atoms with Crippen LogP contribution in [0.2, 0.25) is 10.0 Å². The maximum Gasteiger partial charge on any atom is 0.0638 e. The molecule has 2 rings (SSSR count). The van der Waals surface area contributed by atoms with Gasteiger partial charge in [0.25, 0.3) is 0 Å². The normalized spacial score (nSPS) is 24.6. The maximum absolute atomic E-state index is 6.16. The van der Waals surface area contributed by atoms with Crippen LogP contribution < -0.4 is 5.32 Å². The first-order valence-electron chi connectivity index (χ1n) is 6.40. The van der Waals surface area contributed by atoms with Crippen LogP contribution >= 0.6 is 23.2 Å². The van der Waals surface area contributed by atoms with Crippen molar-refractivity contribution in [2.75, 3.05) is 5.32 Å². The number of nitrogens with one attached hydrogen (secondary N) is 1. The predicted molar refractivity (Wildman–Crippen MR) is 76.1 cm³/mol. The molecule has 2 atom stereocenters. The number of anilines is 1. The first kappa shape index (κ1) is 13.0. The zero-order chi connectivity index (χ0) is 12.3. The lowest BCUT2D eigenvalue weighted by Gasteiger charge is -2.30. The van der Waals surface area contributed by atoms with Crippen molar-refractivity contribution in [3.8, 4) is 0 Å². The van der Waals surface area contributed by atoms with Gasteiger partial charge in [0, 0.05) is 11.1 Å². The summed E-state index contributed by atoms with van der Waals surface area (Å²) in [5.74, 6) is 0.860. The molecule has 0 bridgehead atoms. The van der Waals surface area contributed by atoms with Crippen molar-refractivity contribution in [2.24, 2.45) is 5.92 Å². The number of hydrogen-bond donors (Lipinski definition) is 1. The lowest BCUT2D eigenvalue weighted by Crippen LogP contribution is -2.27. The Balaban J connectivity index is 2.02. The van der Waals surface area contributed by atoms with Crippen LogP contribution in [0, 0.1) is 5.92 Å². The van der Waals surface area contributed by atoms with Gasteiger partial charge in [-0.3, -0.25) is 0 Å². The van der Waals surface area contributed by atoms with E-state index < -0.39 is 0 Å². The Labute approximate surface area is 114 Å². The quantitative estimate of drug-likeness (QED) is 0.779. The smallest absolute Gasteiger partial charge is 0.0638 e. The number of benzene rings is 1. The first-order chi connectivity index (χ1) is 8.19. The van der Waals surface area contributed by atoms with E-state index in [0.717, 1.165) is 21.7 Å². The largest absolute Gasteiger partial charge is 0.381 e. The van der Waals surface area contributed by atoms with E-state index in [9.17, 15) is 0 Å². The van der Waals surface area contributed by atoms with E-state index in [-0.39, 0.29) is 0 Å². The topological polar surface area (TPSA) is 12.0 Å². The van der Waals surface area contributed by atoms with E-state index in [2.05, 4.69) is 12.2 Å². The van der Waals surface area contributed by atoms with Crippen molar-refractivity contribution in [2.45, 2.75) is 45.1 Å². The van der Waals surface area contributed by atoms with Gasteiger partial charge in [-0.2, -0.15) is 0 Å². The fourth-order valence-electron chi connectivity index (χ4n) is 2.62. The zero-order valence-electron chi connectivity index (χ0n) is 10.2. The molecule has 1 nitrogen and oxygen atoms in total. The monoisotopic (exact) mass is 271 g/mol. The van der Waals surface area contributed by atoms with Crippen LogP contribution in [0.5, 0.6) is 0 Å². The maximum atomic E-state index is 6.16. The molecular weight excluding hydrogens is 253 g/mol. The summed E-state index contributed by atoms with van der Waals surface area (Å²) in [6.07, 6.45) is 6.45. The minimum absolute atomic E-state index is 0.546. The van der Waals surface area contributed by atoms with Gasteiger partial charge in [-0.05, 0) is 37.0 Å². The zero-order valence-corrected chi connectivity index (χ0v) is 11.7. The SMILES string of the molecule is CCC1CCCC(Nc2cc(Cl)ccc2Cl)C1. The average Bonchev–Trinajstić information content (AvgIpc) is 2.34. The Morgan fingerprint density at radius 3 is 2.88 bits per heavy atom. The molecule has 3 heteroatoms. The summed E-state index contributed by atoms with van der Waals surface area (Å²) in [6.45, 7) is 2.28. The number of halogens is 2. The molecular formula is C14H19Cl2N. The molecule has 0 aliphatic heterocycles. The molecule has 1 saturated carbocycles. The molecule has 0 radical (unpaired) electrons. The van der Waals surface area contributed by atoms with Crippen LogP contribution in [0.1, 0.15) is 39.0 Å². The molecule has 1 N–H and O–H groups in total. The van der Waals surface area contributed by atoms with Gasteiger partial charge in [0.1, 0.15) is 0 Å². The Morgan fingerprint density at radius 2 is 2.12 bits per heavy atom. The third kappa shape index (κ3) is 3.53. The molecule has 1 aliphatic carbocycles. The molecule has 0 aromatic heterocycles. The van der Waals surface area contributed by atoms with Crippen molar-refractivity contribution in [1.29, 1.82) is 0 Å². The van der Waals surface area contributed by atoms with Gasteiger partial charge in [0.15, 0.2) is 0 Å².